The first-order chi connectivity index (χ1) is 7.25. The third-order valence-electron chi connectivity index (χ3n) is 3.35. The van der Waals surface area contributed by atoms with Gasteiger partial charge in [-0.15, -0.1) is 0 Å². The van der Waals surface area contributed by atoms with Gasteiger partial charge in [-0.05, 0) is 50.9 Å². The number of piperidine rings is 1. The van der Waals surface area contributed by atoms with Gasteiger partial charge in [-0.25, -0.2) is 0 Å². The number of aryl methyl sites for hydroxylation is 2. The fourth-order valence-electron chi connectivity index (χ4n) is 2.33. The van der Waals surface area contributed by atoms with Crippen LogP contribution >= 0.6 is 0 Å². The van der Waals surface area contributed by atoms with Crippen molar-refractivity contribution in [2.75, 3.05) is 13.1 Å². The molecule has 82 valence electrons. The number of nitrogens with zero attached hydrogens (tertiary/aromatic N) is 1. The molecule has 1 fully saturated rings. The maximum atomic E-state index is 2.59. The fourth-order valence-corrected chi connectivity index (χ4v) is 2.33. The lowest BCUT2D eigenvalue weighted by atomic mass is 10.0. The third kappa shape index (κ3) is 2.82. The number of rotatable bonds is 2. The van der Waals surface area contributed by atoms with E-state index in [4.69, 9.17) is 0 Å². The molecule has 1 saturated heterocycles. The van der Waals surface area contributed by atoms with Crippen LogP contribution in [0.15, 0.2) is 18.2 Å². The van der Waals surface area contributed by atoms with Gasteiger partial charge in [-0.2, -0.15) is 0 Å². The van der Waals surface area contributed by atoms with Crippen LogP contribution in [0.3, 0.4) is 0 Å². The monoisotopic (exact) mass is 203 g/mol. The van der Waals surface area contributed by atoms with Crippen LogP contribution in [-0.2, 0) is 6.54 Å². The normalized spacial score (nSPS) is 18.0. The van der Waals surface area contributed by atoms with Crippen LogP contribution in [0.2, 0.25) is 0 Å². The van der Waals surface area contributed by atoms with Gasteiger partial charge in [-0.1, -0.05) is 30.2 Å². The van der Waals surface area contributed by atoms with Crippen LogP contribution < -0.4 is 0 Å². The molecule has 0 radical (unpaired) electrons. The van der Waals surface area contributed by atoms with Crippen LogP contribution in [-0.4, -0.2) is 18.0 Å². The Balaban J connectivity index is 2.05. The van der Waals surface area contributed by atoms with E-state index in [1.165, 1.54) is 49.0 Å². The zero-order valence-corrected chi connectivity index (χ0v) is 9.92. The summed E-state index contributed by atoms with van der Waals surface area (Å²) < 4.78 is 0. The van der Waals surface area contributed by atoms with Crippen molar-refractivity contribution in [3.8, 4) is 0 Å². The molecule has 15 heavy (non-hydrogen) atoms. The molecule has 0 spiro atoms. The molecule has 1 heteroatoms. The minimum atomic E-state index is 1.15. The predicted molar refractivity (Wildman–Crippen MR) is 65.0 cm³/mol. The summed E-state index contributed by atoms with van der Waals surface area (Å²) in [7, 11) is 0. The lowest BCUT2D eigenvalue weighted by Crippen LogP contribution is -2.29. The molecule has 0 N–H and O–H groups in total. The molecule has 0 saturated carbocycles. The molecule has 1 aromatic carbocycles. The zero-order valence-electron chi connectivity index (χ0n) is 9.92. The first kappa shape index (κ1) is 10.7. The maximum Gasteiger partial charge on any atom is 0.0236 e. The summed E-state index contributed by atoms with van der Waals surface area (Å²) >= 11 is 0. The summed E-state index contributed by atoms with van der Waals surface area (Å²) in [6, 6.07) is 6.79. The van der Waals surface area contributed by atoms with Gasteiger partial charge in [0.1, 0.15) is 0 Å². The molecule has 1 heterocycles. The molecule has 0 aliphatic carbocycles. The van der Waals surface area contributed by atoms with Gasteiger partial charge >= 0.3 is 0 Å². The van der Waals surface area contributed by atoms with Crippen LogP contribution in [0.1, 0.15) is 36.0 Å². The van der Waals surface area contributed by atoms with E-state index >= 15 is 0 Å². The zero-order chi connectivity index (χ0) is 10.7. The smallest absolute Gasteiger partial charge is 0.0236 e. The summed E-state index contributed by atoms with van der Waals surface area (Å²) in [6.45, 7) is 8.12. The van der Waals surface area contributed by atoms with Gasteiger partial charge < -0.3 is 0 Å². The van der Waals surface area contributed by atoms with Gasteiger partial charge in [-0.3, -0.25) is 4.90 Å². The summed E-state index contributed by atoms with van der Waals surface area (Å²) in [5, 5.41) is 0. The van der Waals surface area contributed by atoms with Gasteiger partial charge in [0.05, 0.1) is 0 Å². The second-order valence-corrected chi connectivity index (χ2v) is 4.77. The largest absolute Gasteiger partial charge is 0.299 e. The molecule has 0 bridgehead atoms. The molecule has 0 amide bonds. The molecule has 1 nitrogen and oxygen atoms in total. The van der Waals surface area contributed by atoms with E-state index in [2.05, 4.69) is 36.9 Å². The lowest BCUT2D eigenvalue weighted by molar-refractivity contribution is 0.220. The van der Waals surface area contributed by atoms with Crippen molar-refractivity contribution in [3.63, 3.8) is 0 Å². The minimum absolute atomic E-state index is 1.15. The first-order valence-corrected chi connectivity index (χ1v) is 6.04. The van der Waals surface area contributed by atoms with E-state index in [0.29, 0.717) is 0 Å². The Hall–Kier alpha value is -0.820. The number of benzene rings is 1. The van der Waals surface area contributed by atoms with E-state index in [1.54, 1.807) is 0 Å². The van der Waals surface area contributed by atoms with Gasteiger partial charge in [0.15, 0.2) is 0 Å². The summed E-state index contributed by atoms with van der Waals surface area (Å²) in [4.78, 5) is 2.59. The van der Waals surface area contributed by atoms with E-state index < -0.39 is 0 Å². The quantitative estimate of drug-likeness (QED) is 0.713. The average Bonchev–Trinajstić information content (AvgIpc) is 2.25. The molecule has 0 unspecified atom stereocenters. The SMILES string of the molecule is Cc1ccc(C)c(CN2CCCCC2)c1. The van der Waals surface area contributed by atoms with Crippen molar-refractivity contribution in [2.45, 2.75) is 39.7 Å². The Morgan fingerprint density at radius 2 is 1.80 bits per heavy atom. The molecule has 2 rings (SSSR count). The first-order valence-electron chi connectivity index (χ1n) is 6.04. The van der Waals surface area contributed by atoms with Crippen LogP contribution in [0.5, 0.6) is 0 Å². The summed E-state index contributed by atoms with van der Waals surface area (Å²) in [6.07, 6.45) is 4.18. The van der Waals surface area contributed by atoms with Crippen molar-refractivity contribution >= 4 is 0 Å². The van der Waals surface area contributed by atoms with Crippen LogP contribution in [0.4, 0.5) is 0 Å². The number of likely N-dealkylation sites (tertiary alicyclic amines) is 1. The number of hydrogen-bond donors (Lipinski definition) is 0. The summed E-state index contributed by atoms with van der Waals surface area (Å²) in [5.74, 6) is 0. The van der Waals surface area contributed by atoms with Crippen molar-refractivity contribution in [1.29, 1.82) is 0 Å². The van der Waals surface area contributed by atoms with E-state index in [0.717, 1.165) is 6.54 Å². The average molecular weight is 203 g/mol. The van der Waals surface area contributed by atoms with Gasteiger partial charge in [0, 0.05) is 6.54 Å². The highest BCUT2D eigenvalue weighted by atomic mass is 15.1. The molecule has 1 aromatic rings. The van der Waals surface area contributed by atoms with Crippen molar-refractivity contribution in [2.24, 2.45) is 0 Å². The summed E-state index contributed by atoms with van der Waals surface area (Å²) in [5.41, 5.74) is 4.33. The topological polar surface area (TPSA) is 3.24 Å². The molecule has 0 aromatic heterocycles. The third-order valence-corrected chi connectivity index (χ3v) is 3.35. The lowest BCUT2D eigenvalue weighted by Gasteiger charge is -2.27. The molecular formula is C14H21N. The van der Waals surface area contributed by atoms with Gasteiger partial charge in [0.25, 0.3) is 0 Å². The van der Waals surface area contributed by atoms with Crippen molar-refractivity contribution in [3.05, 3.63) is 34.9 Å². The van der Waals surface area contributed by atoms with Gasteiger partial charge in [0.2, 0.25) is 0 Å². The van der Waals surface area contributed by atoms with E-state index in [9.17, 15) is 0 Å². The molecule has 1 aliphatic heterocycles. The van der Waals surface area contributed by atoms with Crippen molar-refractivity contribution < 1.29 is 0 Å². The Labute approximate surface area is 93.1 Å². The highest BCUT2D eigenvalue weighted by molar-refractivity contribution is 5.30. The van der Waals surface area contributed by atoms with Crippen LogP contribution in [0, 0.1) is 13.8 Å². The second kappa shape index (κ2) is 4.80. The predicted octanol–water partition coefficient (Wildman–Crippen LogP) is 3.29. The van der Waals surface area contributed by atoms with Crippen molar-refractivity contribution in [1.82, 2.24) is 4.90 Å². The van der Waals surface area contributed by atoms with E-state index in [1.807, 2.05) is 0 Å². The van der Waals surface area contributed by atoms with Crippen LogP contribution in [0.25, 0.3) is 0 Å². The Morgan fingerprint density at radius 1 is 1.07 bits per heavy atom. The Kier molecular flexibility index (Phi) is 3.42. The standard InChI is InChI=1S/C14H21N/c1-12-6-7-13(2)14(10-12)11-15-8-4-3-5-9-15/h6-7,10H,3-5,8-9,11H2,1-2H3. The highest BCUT2D eigenvalue weighted by Gasteiger charge is 2.11. The van der Waals surface area contributed by atoms with E-state index in [-0.39, 0.29) is 0 Å². The maximum absolute atomic E-state index is 2.59. The Bertz CT molecular complexity index is 324. The second-order valence-electron chi connectivity index (χ2n) is 4.77. The molecule has 0 atom stereocenters. The number of hydrogen-bond acceptors (Lipinski definition) is 1. The molecule has 1 aliphatic rings. The fraction of sp³-hybridized carbons (Fsp3) is 0.571. The molecular weight excluding hydrogens is 182 g/mol. The Morgan fingerprint density at radius 3 is 2.53 bits per heavy atom. The highest BCUT2D eigenvalue weighted by Crippen LogP contribution is 2.16. The minimum Gasteiger partial charge on any atom is -0.299 e.